The first-order chi connectivity index (χ1) is 16.3. The van der Waals surface area contributed by atoms with Crippen LogP contribution in [0.25, 0.3) is 0 Å². The van der Waals surface area contributed by atoms with E-state index < -0.39 is 11.7 Å². The Morgan fingerprint density at radius 2 is 1.82 bits per heavy atom. The maximum atomic E-state index is 13.6. The Hall–Kier alpha value is -3.55. The number of para-hydroxylation sites is 2. The zero-order chi connectivity index (χ0) is 24.1. The number of nitrogens with zero attached hydrogens (tertiary/aromatic N) is 2. The lowest BCUT2D eigenvalue weighted by Gasteiger charge is -2.40. The molecule has 1 fully saturated rings. The molecule has 3 aromatic rings. The van der Waals surface area contributed by atoms with Crippen LogP contribution >= 0.6 is 0 Å². The minimum Gasteiger partial charge on any atom is -0.457 e. The third-order valence-corrected chi connectivity index (χ3v) is 6.05. The normalized spacial score (nSPS) is 18.4. The number of piperidine rings is 1. The molecule has 1 amide bonds. The fraction of sp³-hybridized carbons (Fsp3) is 0.308. The highest BCUT2D eigenvalue weighted by Crippen LogP contribution is 2.31. The van der Waals surface area contributed by atoms with Crippen LogP contribution in [0.3, 0.4) is 0 Å². The molecule has 4 rings (SSSR count). The minimum absolute atomic E-state index is 0.134. The van der Waals surface area contributed by atoms with Crippen LogP contribution in [0.15, 0.2) is 72.9 Å². The van der Waals surface area contributed by atoms with E-state index in [1.54, 1.807) is 18.2 Å². The molecule has 2 heterocycles. The first-order valence-electron chi connectivity index (χ1n) is 11.2. The highest BCUT2D eigenvalue weighted by molar-refractivity contribution is 5.97. The molecule has 1 aromatic heterocycles. The number of alkyl halides is 3. The lowest BCUT2D eigenvalue weighted by Crippen LogP contribution is -2.51. The van der Waals surface area contributed by atoms with Gasteiger partial charge in [-0.25, -0.2) is 4.98 Å². The Morgan fingerprint density at radius 1 is 1.09 bits per heavy atom. The van der Waals surface area contributed by atoms with Crippen molar-refractivity contribution in [3.8, 4) is 11.5 Å². The summed E-state index contributed by atoms with van der Waals surface area (Å²) in [5, 5.41) is 3.11. The number of pyridine rings is 1. The molecule has 0 spiro atoms. The summed E-state index contributed by atoms with van der Waals surface area (Å²) in [5.74, 6) is 1.53. The molecule has 8 heteroatoms. The summed E-state index contributed by atoms with van der Waals surface area (Å²) in [5.41, 5.74) is -0.325. The molecular formula is C26H26F3N3O2. The van der Waals surface area contributed by atoms with Crippen molar-refractivity contribution >= 4 is 11.7 Å². The summed E-state index contributed by atoms with van der Waals surface area (Å²) >= 11 is 0. The topological polar surface area (TPSA) is 54.5 Å². The van der Waals surface area contributed by atoms with Gasteiger partial charge in [0.1, 0.15) is 17.3 Å². The van der Waals surface area contributed by atoms with E-state index in [1.807, 2.05) is 41.3 Å². The van der Waals surface area contributed by atoms with Gasteiger partial charge in [0.25, 0.3) is 5.91 Å². The summed E-state index contributed by atoms with van der Waals surface area (Å²) in [6.45, 7) is 3.06. The van der Waals surface area contributed by atoms with E-state index >= 15 is 0 Å². The molecule has 0 bridgehead atoms. The number of hydrogen-bond donors (Lipinski definition) is 1. The summed E-state index contributed by atoms with van der Waals surface area (Å²) < 4.78 is 44.4. The highest BCUT2D eigenvalue weighted by Gasteiger charge is 2.34. The van der Waals surface area contributed by atoms with Gasteiger partial charge in [0, 0.05) is 19.3 Å². The number of amides is 1. The predicted molar refractivity (Wildman–Crippen MR) is 124 cm³/mol. The average Bonchev–Trinajstić information content (AvgIpc) is 2.83. The largest absolute Gasteiger partial charge is 0.457 e. The van der Waals surface area contributed by atoms with Gasteiger partial charge >= 0.3 is 6.18 Å². The van der Waals surface area contributed by atoms with Crippen LogP contribution in [0.4, 0.5) is 19.0 Å². The number of carbonyl (C=O) groups excluding carboxylic acids is 1. The van der Waals surface area contributed by atoms with Crippen LogP contribution in [0.2, 0.25) is 0 Å². The number of hydrogen-bond acceptors (Lipinski definition) is 4. The van der Waals surface area contributed by atoms with Gasteiger partial charge in [-0.05, 0) is 55.2 Å². The van der Waals surface area contributed by atoms with E-state index in [2.05, 4.69) is 17.2 Å². The van der Waals surface area contributed by atoms with Gasteiger partial charge in [-0.1, -0.05) is 37.3 Å². The summed E-state index contributed by atoms with van der Waals surface area (Å²) in [6, 6.07) is 18.6. The van der Waals surface area contributed by atoms with Gasteiger partial charge in [0.05, 0.1) is 17.2 Å². The number of carbonyl (C=O) groups is 1. The maximum Gasteiger partial charge on any atom is 0.417 e. The van der Waals surface area contributed by atoms with E-state index in [9.17, 15) is 18.0 Å². The van der Waals surface area contributed by atoms with E-state index in [-0.39, 0.29) is 17.9 Å². The third kappa shape index (κ3) is 5.50. The monoisotopic (exact) mass is 469 g/mol. The number of likely N-dealkylation sites (tertiary alicyclic amines) is 1. The van der Waals surface area contributed by atoms with Crippen LogP contribution in [-0.2, 0) is 6.18 Å². The Bertz CT molecular complexity index is 1100. The summed E-state index contributed by atoms with van der Waals surface area (Å²) in [4.78, 5) is 19.3. The number of aromatic nitrogens is 1. The first kappa shape index (κ1) is 23.6. The Balaban J connectivity index is 1.50. The standard InChI is InChI=1S/C26H26F3N3O2/c1-18-8-7-15-32(22(18)17-31-24-14-13-19(16-30-24)26(27,28)29)25(33)21-11-5-6-12-23(21)34-20-9-3-2-4-10-20/h2-6,9-14,16,18,22H,7-8,15,17H2,1H3,(H,30,31). The SMILES string of the molecule is CC1CCCN(C(=O)c2ccccc2Oc2ccccc2)C1CNc1ccc(C(F)(F)F)cn1. The molecule has 0 radical (unpaired) electrons. The number of nitrogens with one attached hydrogen (secondary N) is 1. The van der Waals surface area contributed by atoms with Gasteiger partial charge in [-0.2, -0.15) is 13.2 Å². The van der Waals surface area contributed by atoms with Gasteiger partial charge in [0.15, 0.2) is 0 Å². The number of benzene rings is 2. The summed E-state index contributed by atoms with van der Waals surface area (Å²) in [7, 11) is 0. The Kier molecular flexibility index (Phi) is 7.05. The number of rotatable bonds is 6. The Morgan fingerprint density at radius 3 is 2.53 bits per heavy atom. The van der Waals surface area contributed by atoms with Crippen molar-refractivity contribution in [2.24, 2.45) is 5.92 Å². The van der Waals surface area contributed by atoms with Crippen LogP contribution in [0.5, 0.6) is 11.5 Å². The van der Waals surface area contributed by atoms with Gasteiger partial charge in [0.2, 0.25) is 0 Å². The molecular weight excluding hydrogens is 443 g/mol. The molecule has 1 saturated heterocycles. The van der Waals surface area contributed by atoms with Crippen LogP contribution in [-0.4, -0.2) is 34.9 Å². The van der Waals surface area contributed by atoms with Crippen molar-refractivity contribution in [1.29, 1.82) is 0 Å². The van der Waals surface area contributed by atoms with Crippen LogP contribution in [0, 0.1) is 5.92 Å². The molecule has 2 unspecified atom stereocenters. The number of anilines is 1. The second-order valence-electron chi connectivity index (χ2n) is 8.41. The van der Waals surface area contributed by atoms with E-state index in [4.69, 9.17) is 4.74 Å². The fourth-order valence-electron chi connectivity index (χ4n) is 4.19. The highest BCUT2D eigenvalue weighted by atomic mass is 19.4. The molecule has 1 aliphatic rings. The van der Waals surface area contributed by atoms with Crippen molar-refractivity contribution in [2.45, 2.75) is 32.0 Å². The van der Waals surface area contributed by atoms with Crippen molar-refractivity contribution in [2.75, 3.05) is 18.4 Å². The van der Waals surface area contributed by atoms with Crippen molar-refractivity contribution < 1.29 is 22.7 Å². The Labute approximate surface area is 196 Å². The molecule has 178 valence electrons. The number of ether oxygens (including phenoxy) is 1. The number of halogens is 3. The first-order valence-corrected chi connectivity index (χ1v) is 11.2. The maximum absolute atomic E-state index is 13.6. The molecule has 2 atom stereocenters. The fourth-order valence-corrected chi connectivity index (χ4v) is 4.19. The zero-order valence-corrected chi connectivity index (χ0v) is 18.8. The van der Waals surface area contributed by atoms with Crippen molar-refractivity contribution in [3.63, 3.8) is 0 Å². The van der Waals surface area contributed by atoms with E-state index in [0.29, 0.717) is 36.0 Å². The molecule has 5 nitrogen and oxygen atoms in total. The predicted octanol–water partition coefficient (Wildman–Crippen LogP) is 6.25. The molecule has 34 heavy (non-hydrogen) atoms. The quantitative estimate of drug-likeness (QED) is 0.464. The second-order valence-corrected chi connectivity index (χ2v) is 8.41. The van der Waals surface area contributed by atoms with Gasteiger partial charge < -0.3 is 15.0 Å². The second kappa shape index (κ2) is 10.2. The minimum atomic E-state index is -4.43. The molecule has 0 aliphatic carbocycles. The van der Waals surface area contributed by atoms with Crippen molar-refractivity contribution in [1.82, 2.24) is 9.88 Å². The average molecular weight is 470 g/mol. The van der Waals surface area contributed by atoms with E-state index in [1.165, 1.54) is 6.07 Å². The van der Waals surface area contributed by atoms with Crippen LogP contribution in [0.1, 0.15) is 35.7 Å². The van der Waals surface area contributed by atoms with Gasteiger partial charge in [-0.15, -0.1) is 0 Å². The van der Waals surface area contributed by atoms with E-state index in [0.717, 1.165) is 25.1 Å². The van der Waals surface area contributed by atoms with Gasteiger partial charge in [-0.3, -0.25) is 4.79 Å². The lowest BCUT2D eigenvalue weighted by atomic mass is 9.90. The lowest BCUT2D eigenvalue weighted by molar-refractivity contribution is -0.137. The molecule has 1 aliphatic heterocycles. The zero-order valence-electron chi connectivity index (χ0n) is 18.8. The summed E-state index contributed by atoms with van der Waals surface area (Å²) in [6.07, 6.45) is -1.78. The van der Waals surface area contributed by atoms with Crippen molar-refractivity contribution in [3.05, 3.63) is 84.1 Å². The van der Waals surface area contributed by atoms with Crippen LogP contribution < -0.4 is 10.1 Å². The smallest absolute Gasteiger partial charge is 0.417 e. The third-order valence-electron chi connectivity index (χ3n) is 6.05. The molecule has 2 aromatic carbocycles. The molecule has 0 saturated carbocycles. The molecule has 1 N–H and O–H groups in total.